The minimum absolute atomic E-state index is 0. The third-order valence-electron chi connectivity index (χ3n) is 1.46. The molecule has 17 heavy (non-hydrogen) atoms. The van der Waals surface area contributed by atoms with Crippen molar-refractivity contribution in [2.24, 2.45) is 0 Å². The maximum atomic E-state index is 8.25. The van der Waals surface area contributed by atoms with Crippen LogP contribution in [0.5, 0.6) is 0 Å². The van der Waals surface area contributed by atoms with Crippen LogP contribution in [0.2, 0.25) is 0 Å². The Hall–Kier alpha value is -0.750. The molecule has 2 rings (SSSR count). The van der Waals surface area contributed by atoms with Crippen LogP contribution in [0, 0.1) is 0 Å². The van der Waals surface area contributed by atoms with Crippen molar-refractivity contribution in [2.45, 2.75) is 0 Å². The molecule has 5 nitrogen and oxygen atoms in total. The maximum absolute atomic E-state index is 8.25. The number of H-pyrrole nitrogens is 1. The molecule has 1 N–H and O–H groups in total. The predicted molar refractivity (Wildman–Crippen MR) is 63.4 cm³/mol. The Bertz CT molecular complexity index is 372. The van der Waals surface area contributed by atoms with Crippen LogP contribution >= 0.6 is 12.4 Å². The van der Waals surface area contributed by atoms with Gasteiger partial charge in [0.2, 0.25) is 0 Å². The van der Waals surface area contributed by atoms with Gasteiger partial charge in [-0.3, -0.25) is 0 Å². The Labute approximate surface area is 134 Å². The van der Waals surface area contributed by atoms with Crippen molar-refractivity contribution in [2.75, 3.05) is 0 Å². The molecule has 0 atom stereocenters. The fraction of sp³-hybridized carbons (Fsp3) is 0. The zero-order chi connectivity index (χ0) is 11.5. The number of aromatic amines is 1. The molecule has 0 aliphatic carbocycles. The number of benzene rings is 1. The number of carbonyl (C=O) groups excluding carboxylic acids is 2. The first-order valence-corrected chi connectivity index (χ1v) is 3.93. The smallest absolute Gasteiger partial charge is 0.554 e. The van der Waals surface area contributed by atoms with E-state index in [1.807, 2.05) is 18.3 Å². The van der Waals surface area contributed by atoms with Crippen LogP contribution in [0.3, 0.4) is 0 Å². The van der Waals surface area contributed by atoms with Gasteiger partial charge in [0.15, 0.2) is 0 Å². The molecule has 0 aliphatic rings. The van der Waals surface area contributed by atoms with E-state index in [0.717, 1.165) is 0 Å². The van der Waals surface area contributed by atoms with Crippen LogP contribution in [0.4, 0.5) is 0 Å². The van der Waals surface area contributed by atoms with Gasteiger partial charge in [0.25, 0.3) is 0 Å². The zero-order valence-electron chi connectivity index (χ0n) is 8.87. The average molecular weight is 284 g/mol. The number of carboxylic acid groups (broad SMARTS) is 2. The van der Waals surface area contributed by atoms with Crippen LogP contribution < -0.4 is 10.2 Å². The van der Waals surface area contributed by atoms with Crippen molar-refractivity contribution in [3.8, 4) is 0 Å². The van der Waals surface area contributed by atoms with Gasteiger partial charge in [-0.05, 0) is 17.5 Å². The third kappa shape index (κ3) is 10.1. The Balaban J connectivity index is -0.000000215. The molecule has 2 aromatic rings. The van der Waals surface area contributed by atoms with Crippen LogP contribution in [-0.4, -0.2) is 55.7 Å². The SMILES string of the molecule is Cl.O=C[O-].O=C[O-].[Ca+2].c1ccc2[nH]ccc2c1. The molecule has 0 radical (unpaired) electrons. The van der Waals surface area contributed by atoms with Gasteiger partial charge in [-0.2, -0.15) is 0 Å². The normalized spacial score (nSPS) is 6.82. The molecule has 0 aliphatic heterocycles. The van der Waals surface area contributed by atoms with Crippen molar-refractivity contribution >= 4 is 74.0 Å². The van der Waals surface area contributed by atoms with E-state index in [1.165, 1.54) is 10.9 Å². The number of aromatic nitrogens is 1. The Morgan fingerprint density at radius 2 is 1.47 bits per heavy atom. The number of hydrogen-bond acceptors (Lipinski definition) is 4. The third-order valence-corrected chi connectivity index (χ3v) is 1.46. The number of carbonyl (C=O) groups is 2. The number of halogens is 1. The minimum atomic E-state index is -0.500. The maximum Gasteiger partial charge on any atom is 2.00 e. The summed E-state index contributed by atoms with van der Waals surface area (Å²) in [6, 6.07) is 10.3. The van der Waals surface area contributed by atoms with Gasteiger partial charge in [0.05, 0.1) is 0 Å². The summed E-state index contributed by atoms with van der Waals surface area (Å²) in [5.74, 6) is 0. The molecule has 0 saturated heterocycles. The van der Waals surface area contributed by atoms with E-state index in [0.29, 0.717) is 0 Å². The molecule has 1 aromatic carbocycles. The molecule has 1 heterocycles. The molecule has 0 unspecified atom stereocenters. The molecular formula is C10H10CaClNO4. The van der Waals surface area contributed by atoms with Crippen LogP contribution in [-0.2, 0) is 9.59 Å². The number of hydrogen-bond donors (Lipinski definition) is 1. The molecular weight excluding hydrogens is 274 g/mol. The van der Waals surface area contributed by atoms with E-state index in [4.69, 9.17) is 19.8 Å². The first-order chi connectivity index (χ1) is 7.29. The monoisotopic (exact) mass is 283 g/mol. The fourth-order valence-electron chi connectivity index (χ4n) is 0.995. The van der Waals surface area contributed by atoms with Gasteiger partial charge in [-0.25, -0.2) is 0 Å². The second-order valence-corrected chi connectivity index (χ2v) is 2.26. The summed E-state index contributed by atoms with van der Waals surface area (Å²) in [5, 5.41) is 17.8. The summed E-state index contributed by atoms with van der Waals surface area (Å²) >= 11 is 0. The van der Waals surface area contributed by atoms with Gasteiger partial charge >= 0.3 is 37.7 Å². The van der Waals surface area contributed by atoms with Crippen molar-refractivity contribution in [3.63, 3.8) is 0 Å². The average Bonchev–Trinajstić information content (AvgIpc) is 2.67. The first-order valence-electron chi connectivity index (χ1n) is 3.93. The van der Waals surface area contributed by atoms with E-state index < -0.39 is 12.9 Å². The van der Waals surface area contributed by atoms with Crippen LogP contribution in [0.15, 0.2) is 36.5 Å². The quantitative estimate of drug-likeness (QED) is 0.492. The summed E-state index contributed by atoms with van der Waals surface area (Å²) in [6.07, 6.45) is 1.95. The van der Waals surface area contributed by atoms with Crippen molar-refractivity contribution in [3.05, 3.63) is 36.5 Å². The van der Waals surface area contributed by atoms with Crippen molar-refractivity contribution in [1.82, 2.24) is 4.98 Å². The molecule has 0 fully saturated rings. The summed E-state index contributed by atoms with van der Waals surface area (Å²) in [5.41, 5.74) is 1.21. The van der Waals surface area contributed by atoms with E-state index >= 15 is 0 Å². The van der Waals surface area contributed by atoms with Gasteiger partial charge < -0.3 is 24.8 Å². The minimum Gasteiger partial charge on any atom is -0.554 e. The molecule has 0 spiro atoms. The molecule has 88 valence electrons. The number of rotatable bonds is 0. The Morgan fingerprint density at radius 3 is 1.94 bits per heavy atom. The summed E-state index contributed by atoms with van der Waals surface area (Å²) in [7, 11) is 0. The molecule has 0 bridgehead atoms. The number of fused-ring (bicyclic) bond motifs is 1. The first kappa shape index (κ1) is 21.5. The van der Waals surface area contributed by atoms with Crippen molar-refractivity contribution < 1.29 is 19.8 Å². The standard InChI is InChI=1S/C8H7N.2CH2O2.Ca.ClH/c1-2-4-8-7(3-1)5-6-9-8;2*2-1-3;;/h1-6,9H;2*1H,(H,2,3);;1H/q;;;+2;/p-2. The van der Waals surface area contributed by atoms with E-state index in [2.05, 4.69) is 23.2 Å². The molecule has 1 aromatic heterocycles. The summed E-state index contributed by atoms with van der Waals surface area (Å²) < 4.78 is 0. The summed E-state index contributed by atoms with van der Waals surface area (Å²) in [6.45, 7) is -1.00. The molecule has 7 heteroatoms. The van der Waals surface area contributed by atoms with Gasteiger partial charge in [0, 0.05) is 24.7 Å². The number of nitrogens with one attached hydrogen (secondary N) is 1. The van der Waals surface area contributed by atoms with Crippen LogP contribution in [0.25, 0.3) is 10.9 Å². The second kappa shape index (κ2) is 15.2. The Morgan fingerprint density at radius 1 is 1.00 bits per heavy atom. The summed E-state index contributed by atoms with van der Waals surface area (Å²) in [4.78, 5) is 19.6. The van der Waals surface area contributed by atoms with Crippen LogP contribution in [0.1, 0.15) is 0 Å². The second-order valence-electron chi connectivity index (χ2n) is 2.26. The molecule has 0 saturated carbocycles. The van der Waals surface area contributed by atoms with Gasteiger partial charge in [-0.1, -0.05) is 18.2 Å². The fourth-order valence-corrected chi connectivity index (χ4v) is 0.995. The predicted octanol–water partition coefficient (Wildman–Crippen LogP) is -1.06. The van der Waals surface area contributed by atoms with E-state index in [1.54, 1.807) is 0 Å². The zero-order valence-corrected chi connectivity index (χ0v) is 11.9. The van der Waals surface area contributed by atoms with Crippen molar-refractivity contribution in [1.29, 1.82) is 0 Å². The van der Waals surface area contributed by atoms with E-state index in [9.17, 15) is 0 Å². The van der Waals surface area contributed by atoms with Gasteiger partial charge in [0.1, 0.15) is 0 Å². The van der Waals surface area contributed by atoms with E-state index in [-0.39, 0.29) is 50.1 Å². The number of para-hydroxylation sites is 1. The molecule has 0 amide bonds. The largest absolute Gasteiger partial charge is 2.00 e. The Kier molecular flexibility index (Phi) is 19.3. The van der Waals surface area contributed by atoms with Gasteiger partial charge in [-0.15, -0.1) is 12.4 Å². The topological polar surface area (TPSA) is 96.0 Å².